The fourth-order valence-electron chi connectivity index (χ4n) is 3.96. The monoisotopic (exact) mass is 584 g/mol. The number of carbonyl (C=O) groups is 3. The van der Waals surface area contributed by atoms with Gasteiger partial charge in [-0.15, -0.1) is 6.58 Å². The van der Waals surface area contributed by atoms with Crippen molar-refractivity contribution >= 4 is 64.4 Å². The molecule has 1 N–H and O–H groups in total. The van der Waals surface area contributed by atoms with Crippen molar-refractivity contribution in [2.24, 2.45) is 0 Å². The Morgan fingerprint density at radius 3 is 2.41 bits per heavy atom. The van der Waals surface area contributed by atoms with Crippen LogP contribution >= 0.6 is 34.8 Å². The Morgan fingerprint density at radius 1 is 0.949 bits per heavy atom. The number of imide groups is 2. The number of halogens is 3. The largest absolute Gasteiger partial charge is 0.490 e. The van der Waals surface area contributed by atoms with Crippen LogP contribution in [0.3, 0.4) is 0 Å². The van der Waals surface area contributed by atoms with Crippen molar-refractivity contribution in [1.29, 1.82) is 0 Å². The van der Waals surface area contributed by atoms with Crippen LogP contribution in [0.15, 0.2) is 72.8 Å². The molecular weight excluding hydrogens is 563 g/mol. The van der Waals surface area contributed by atoms with Crippen LogP contribution in [0.25, 0.3) is 6.08 Å². The fraction of sp³-hybridized carbons (Fsp3) is 0.138. The number of nitrogens with zero attached hydrogens (tertiary/aromatic N) is 1. The van der Waals surface area contributed by atoms with Crippen molar-refractivity contribution in [3.05, 3.63) is 105 Å². The molecule has 0 spiro atoms. The molecule has 4 amide bonds. The zero-order valence-electron chi connectivity index (χ0n) is 20.8. The van der Waals surface area contributed by atoms with Crippen molar-refractivity contribution < 1.29 is 23.9 Å². The predicted molar refractivity (Wildman–Crippen MR) is 153 cm³/mol. The Bertz CT molecular complexity index is 1500. The molecule has 0 aliphatic carbocycles. The van der Waals surface area contributed by atoms with Gasteiger partial charge in [0.05, 0.1) is 12.3 Å². The Hall–Kier alpha value is -3.78. The number of amides is 4. The van der Waals surface area contributed by atoms with Gasteiger partial charge in [0.1, 0.15) is 12.2 Å². The number of allylic oxidation sites excluding steroid dienone is 1. The zero-order valence-corrected chi connectivity index (χ0v) is 23.1. The van der Waals surface area contributed by atoms with Crippen molar-refractivity contribution in [3.8, 4) is 11.5 Å². The first kappa shape index (κ1) is 28.2. The third-order valence-corrected chi connectivity index (χ3v) is 6.51. The Labute approximate surface area is 240 Å². The molecule has 1 aliphatic rings. The minimum Gasteiger partial charge on any atom is -0.490 e. The van der Waals surface area contributed by atoms with Crippen molar-refractivity contribution in [2.75, 3.05) is 11.5 Å². The number of anilines is 1. The van der Waals surface area contributed by atoms with Gasteiger partial charge in [-0.2, -0.15) is 0 Å². The molecule has 1 heterocycles. The number of benzene rings is 3. The maximum absolute atomic E-state index is 13.3. The molecule has 0 bridgehead atoms. The Morgan fingerprint density at radius 2 is 1.72 bits per heavy atom. The molecule has 1 aliphatic heterocycles. The second kappa shape index (κ2) is 12.4. The lowest BCUT2D eigenvalue weighted by molar-refractivity contribution is -0.122. The summed E-state index contributed by atoms with van der Waals surface area (Å²) in [5.74, 6) is -0.725. The first-order valence-electron chi connectivity index (χ1n) is 11.9. The number of nitrogens with one attached hydrogen (secondary N) is 1. The molecule has 0 aromatic heterocycles. The van der Waals surface area contributed by atoms with E-state index in [0.717, 1.165) is 10.5 Å². The SMILES string of the molecule is C=CCc1cc(/C=C2\C(=O)NC(=O)N(c3cccc(Cl)c3)C2=O)cc(OCC)c1OCc1ccc(Cl)cc1Cl. The van der Waals surface area contributed by atoms with Gasteiger partial charge in [0.2, 0.25) is 0 Å². The topological polar surface area (TPSA) is 84.9 Å². The van der Waals surface area contributed by atoms with E-state index in [1.54, 1.807) is 54.6 Å². The average molecular weight is 586 g/mol. The molecule has 3 aromatic rings. The van der Waals surface area contributed by atoms with Gasteiger partial charge in [-0.3, -0.25) is 14.9 Å². The van der Waals surface area contributed by atoms with Crippen LogP contribution in [0.1, 0.15) is 23.6 Å². The molecule has 1 saturated heterocycles. The molecule has 0 saturated carbocycles. The third kappa shape index (κ3) is 6.45. The highest BCUT2D eigenvalue weighted by Crippen LogP contribution is 2.36. The van der Waals surface area contributed by atoms with Crippen LogP contribution in [0.2, 0.25) is 15.1 Å². The number of barbiturate groups is 1. The Balaban J connectivity index is 1.72. The van der Waals surface area contributed by atoms with Gasteiger partial charge in [0, 0.05) is 26.2 Å². The number of hydrogen-bond acceptors (Lipinski definition) is 5. The number of urea groups is 1. The quantitative estimate of drug-likeness (QED) is 0.166. The van der Waals surface area contributed by atoms with E-state index in [1.165, 1.54) is 12.1 Å². The molecule has 39 heavy (non-hydrogen) atoms. The van der Waals surface area contributed by atoms with E-state index in [9.17, 15) is 14.4 Å². The highest BCUT2D eigenvalue weighted by Gasteiger charge is 2.37. The fourth-order valence-corrected chi connectivity index (χ4v) is 4.61. The molecule has 0 atom stereocenters. The number of carbonyl (C=O) groups excluding carboxylic acids is 3. The summed E-state index contributed by atoms with van der Waals surface area (Å²) in [6.07, 6.45) is 3.51. The van der Waals surface area contributed by atoms with Crippen LogP contribution in [0.4, 0.5) is 10.5 Å². The third-order valence-electron chi connectivity index (χ3n) is 5.68. The molecule has 0 unspecified atom stereocenters. The van der Waals surface area contributed by atoms with Gasteiger partial charge in [-0.25, -0.2) is 9.69 Å². The molecular formula is C29H23Cl3N2O5. The zero-order chi connectivity index (χ0) is 28.1. The van der Waals surface area contributed by atoms with Crippen LogP contribution < -0.4 is 19.7 Å². The van der Waals surface area contributed by atoms with Crippen LogP contribution in [0.5, 0.6) is 11.5 Å². The number of hydrogen-bond donors (Lipinski definition) is 1. The van der Waals surface area contributed by atoms with Crippen LogP contribution in [0, 0.1) is 0 Å². The van der Waals surface area contributed by atoms with E-state index < -0.39 is 17.8 Å². The average Bonchev–Trinajstić information content (AvgIpc) is 2.87. The number of ether oxygens (including phenoxy) is 2. The summed E-state index contributed by atoms with van der Waals surface area (Å²) in [6.45, 7) is 6.13. The summed E-state index contributed by atoms with van der Waals surface area (Å²) in [5, 5.41) is 3.52. The van der Waals surface area contributed by atoms with Crippen molar-refractivity contribution in [2.45, 2.75) is 20.0 Å². The van der Waals surface area contributed by atoms with Crippen molar-refractivity contribution in [1.82, 2.24) is 5.32 Å². The first-order valence-corrected chi connectivity index (χ1v) is 13.0. The number of rotatable bonds is 9. The van der Waals surface area contributed by atoms with Crippen LogP contribution in [-0.4, -0.2) is 24.5 Å². The molecule has 0 radical (unpaired) electrons. The summed E-state index contributed by atoms with van der Waals surface area (Å²) < 4.78 is 12.0. The normalized spacial score (nSPS) is 14.4. The lowest BCUT2D eigenvalue weighted by atomic mass is 10.0. The smallest absolute Gasteiger partial charge is 0.335 e. The predicted octanol–water partition coefficient (Wildman–Crippen LogP) is 7.02. The van der Waals surface area contributed by atoms with Gasteiger partial charge < -0.3 is 9.47 Å². The van der Waals surface area contributed by atoms with E-state index in [-0.39, 0.29) is 17.9 Å². The van der Waals surface area contributed by atoms with Gasteiger partial charge in [-0.05, 0) is 67.4 Å². The molecule has 200 valence electrons. The minimum atomic E-state index is -0.864. The van der Waals surface area contributed by atoms with Crippen LogP contribution in [-0.2, 0) is 22.6 Å². The lowest BCUT2D eigenvalue weighted by Crippen LogP contribution is -2.54. The maximum Gasteiger partial charge on any atom is 0.335 e. The maximum atomic E-state index is 13.3. The van der Waals surface area contributed by atoms with Gasteiger partial charge in [-0.1, -0.05) is 53.0 Å². The van der Waals surface area contributed by atoms with Gasteiger partial charge in [0.15, 0.2) is 11.5 Å². The summed E-state index contributed by atoms with van der Waals surface area (Å²) >= 11 is 18.4. The second-order valence-corrected chi connectivity index (χ2v) is 9.68. The second-order valence-electron chi connectivity index (χ2n) is 8.40. The minimum absolute atomic E-state index is 0.151. The molecule has 3 aromatic carbocycles. The standard InChI is InChI=1S/C29H23Cl3N2O5/c1-3-6-18-11-17(13-25(38-4-2)26(18)39-16-19-9-10-21(31)15-24(19)32)12-23-27(35)33-29(37)34(28(23)36)22-8-5-7-20(30)14-22/h3,5,7-15H,1,4,6,16H2,2H3,(H,33,35,37)/b23-12+. The van der Waals surface area contributed by atoms with Gasteiger partial charge in [0.25, 0.3) is 11.8 Å². The molecule has 4 rings (SSSR count). The van der Waals surface area contributed by atoms with E-state index in [0.29, 0.717) is 50.7 Å². The van der Waals surface area contributed by atoms with Gasteiger partial charge >= 0.3 is 6.03 Å². The summed E-state index contributed by atoms with van der Waals surface area (Å²) in [4.78, 5) is 39.4. The first-order chi connectivity index (χ1) is 18.7. The van der Waals surface area contributed by atoms with E-state index in [1.807, 2.05) is 6.92 Å². The molecule has 1 fully saturated rings. The highest BCUT2D eigenvalue weighted by atomic mass is 35.5. The molecule has 10 heteroatoms. The molecule has 7 nitrogen and oxygen atoms in total. The Kier molecular flexibility index (Phi) is 8.97. The summed E-state index contributed by atoms with van der Waals surface area (Å²) in [6, 6.07) is 13.9. The highest BCUT2D eigenvalue weighted by molar-refractivity contribution is 6.39. The summed E-state index contributed by atoms with van der Waals surface area (Å²) in [5.41, 5.74) is 1.93. The van der Waals surface area contributed by atoms with E-state index in [4.69, 9.17) is 44.3 Å². The lowest BCUT2D eigenvalue weighted by Gasteiger charge is -2.26. The van der Waals surface area contributed by atoms with E-state index in [2.05, 4.69) is 11.9 Å². The van der Waals surface area contributed by atoms with Crippen molar-refractivity contribution in [3.63, 3.8) is 0 Å². The van der Waals surface area contributed by atoms with E-state index >= 15 is 0 Å². The summed E-state index contributed by atoms with van der Waals surface area (Å²) in [7, 11) is 0.